The van der Waals surface area contributed by atoms with E-state index >= 15 is 0 Å². The molecular formula is C14H18NO+. The summed E-state index contributed by atoms with van der Waals surface area (Å²) in [4.78, 5) is 0. The van der Waals surface area contributed by atoms with Crippen LogP contribution >= 0.6 is 0 Å². The molecule has 1 aromatic carbocycles. The maximum Gasteiger partial charge on any atom is 0.213 e. The van der Waals surface area contributed by atoms with Crippen LogP contribution in [0.1, 0.15) is 25.6 Å². The number of methoxy groups -OCH3 is 1. The van der Waals surface area contributed by atoms with Crippen molar-refractivity contribution in [1.82, 2.24) is 0 Å². The van der Waals surface area contributed by atoms with Crippen LogP contribution in [0.5, 0.6) is 5.75 Å². The second kappa shape index (κ2) is 4.12. The van der Waals surface area contributed by atoms with E-state index in [0.717, 1.165) is 5.75 Å². The molecule has 0 aliphatic heterocycles. The first-order valence-electron chi connectivity index (χ1n) is 5.62. The number of aromatic nitrogens is 1. The van der Waals surface area contributed by atoms with E-state index < -0.39 is 0 Å². The third-order valence-electron chi connectivity index (χ3n) is 2.89. The molecule has 0 radical (unpaired) electrons. The summed E-state index contributed by atoms with van der Waals surface area (Å²) in [5.41, 5.74) is 2.54. The first-order valence-corrected chi connectivity index (χ1v) is 5.62. The van der Waals surface area contributed by atoms with E-state index in [9.17, 15) is 0 Å². The number of fused-ring (bicyclic) bond motifs is 1. The minimum Gasteiger partial charge on any atom is -0.497 e. The summed E-state index contributed by atoms with van der Waals surface area (Å²) < 4.78 is 7.59. The van der Waals surface area contributed by atoms with Crippen molar-refractivity contribution in [1.29, 1.82) is 0 Å². The van der Waals surface area contributed by atoms with Gasteiger partial charge in [0, 0.05) is 19.1 Å². The maximum absolute atomic E-state index is 5.24. The predicted octanol–water partition coefficient (Wildman–Crippen LogP) is 3.03. The van der Waals surface area contributed by atoms with Crippen LogP contribution < -0.4 is 9.30 Å². The Hall–Kier alpha value is -1.57. The zero-order valence-electron chi connectivity index (χ0n) is 10.3. The number of ether oxygens (including phenoxy) is 1. The Morgan fingerprint density at radius 3 is 2.50 bits per heavy atom. The highest BCUT2D eigenvalue weighted by atomic mass is 16.5. The number of hydrogen-bond acceptors (Lipinski definition) is 1. The van der Waals surface area contributed by atoms with Gasteiger partial charge in [0.05, 0.1) is 12.5 Å². The molecule has 16 heavy (non-hydrogen) atoms. The van der Waals surface area contributed by atoms with Gasteiger partial charge in [-0.25, -0.2) is 0 Å². The van der Waals surface area contributed by atoms with E-state index in [1.807, 2.05) is 6.07 Å². The number of nitrogens with zero attached hydrogens (tertiary/aromatic N) is 1. The lowest BCUT2D eigenvalue weighted by atomic mass is 10.1. The fourth-order valence-corrected chi connectivity index (χ4v) is 2.18. The number of pyridine rings is 1. The molecule has 1 aromatic heterocycles. The Bertz CT molecular complexity index is 517. The van der Waals surface area contributed by atoms with Gasteiger partial charge in [-0.2, -0.15) is 4.57 Å². The van der Waals surface area contributed by atoms with Gasteiger partial charge < -0.3 is 4.74 Å². The summed E-state index contributed by atoms with van der Waals surface area (Å²) in [6, 6.07) is 11.0. The largest absolute Gasteiger partial charge is 0.497 e. The van der Waals surface area contributed by atoms with Gasteiger partial charge in [-0.15, -0.1) is 0 Å². The van der Waals surface area contributed by atoms with E-state index in [2.05, 4.69) is 49.6 Å². The second-order valence-corrected chi connectivity index (χ2v) is 4.36. The van der Waals surface area contributed by atoms with E-state index in [1.165, 1.54) is 16.6 Å². The number of hydrogen-bond donors (Lipinski definition) is 0. The normalized spacial score (nSPS) is 11.1. The van der Waals surface area contributed by atoms with Gasteiger partial charge in [0.2, 0.25) is 5.52 Å². The highest BCUT2D eigenvalue weighted by molar-refractivity contribution is 5.77. The number of rotatable bonds is 2. The van der Waals surface area contributed by atoms with Gasteiger partial charge in [0.15, 0.2) is 11.7 Å². The molecule has 0 N–H and O–H groups in total. The Balaban J connectivity index is 2.74. The molecule has 2 nitrogen and oxygen atoms in total. The highest BCUT2D eigenvalue weighted by Crippen LogP contribution is 2.19. The third kappa shape index (κ3) is 1.75. The van der Waals surface area contributed by atoms with Crippen LogP contribution in [0.4, 0.5) is 0 Å². The fourth-order valence-electron chi connectivity index (χ4n) is 2.18. The van der Waals surface area contributed by atoms with Crippen LogP contribution in [0.2, 0.25) is 0 Å². The standard InChI is InChI=1S/C14H18NO/c1-10(2)15-11(3)5-6-12-9-13(16-4)7-8-14(12)15/h5-10H,1-4H3/q+1. The molecule has 2 heteroatoms. The molecule has 0 aliphatic rings. The van der Waals surface area contributed by atoms with Crippen molar-refractivity contribution >= 4 is 10.9 Å². The first kappa shape index (κ1) is 10.9. The van der Waals surface area contributed by atoms with Crippen molar-refractivity contribution in [3.63, 3.8) is 0 Å². The Morgan fingerprint density at radius 1 is 1.12 bits per heavy atom. The lowest BCUT2D eigenvalue weighted by Crippen LogP contribution is -2.40. The minimum absolute atomic E-state index is 0.470. The predicted molar refractivity (Wildman–Crippen MR) is 65.8 cm³/mol. The monoisotopic (exact) mass is 216 g/mol. The summed E-state index contributed by atoms with van der Waals surface area (Å²) in [7, 11) is 1.70. The van der Waals surface area contributed by atoms with Crippen LogP contribution in [-0.4, -0.2) is 7.11 Å². The average Bonchev–Trinajstić information content (AvgIpc) is 2.27. The van der Waals surface area contributed by atoms with Gasteiger partial charge in [-0.3, -0.25) is 0 Å². The SMILES string of the molecule is COc1ccc2c(ccc(C)[n+]2C(C)C)c1. The van der Waals surface area contributed by atoms with Gasteiger partial charge >= 0.3 is 0 Å². The molecule has 0 aliphatic carbocycles. The van der Waals surface area contributed by atoms with Gasteiger partial charge in [0.25, 0.3) is 0 Å². The molecule has 2 aromatic rings. The van der Waals surface area contributed by atoms with E-state index in [4.69, 9.17) is 4.74 Å². The van der Waals surface area contributed by atoms with E-state index in [1.54, 1.807) is 7.11 Å². The van der Waals surface area contributed by atoms with Crippen molar-refractivity contribution in [3.8, 4) is 5.75 Å². The van der Waals surface area contributed by atoms with Crippen LogP contribution in [0.15, 0.2) is 30.3 Å². The summed E-state index contributed by atoms with van der Waals surface area (Å²) in [6.07, 6.45) is 0. The summed E-state index contributed by atoms with van der Waals surface area (Å²) in [5, 5.41) is 1.22. The van der Waals surface area contributed by atoms with Crippen molar-refractivity contribution < 1.29 is 9.30 Å². The smallest absolute Gasteiger partial charge is 0.213 e. The van der Waals surface area contributed by atoms with Crippen molar-refractivity contribution in [3.05, 3.63) is 36.0 Å². The number of aryl methyl sites for hydroxylation is 1. The quantitative estimate of drug-likeness (QED) is 0.703. The van der Waals surface area contributed by atoms with Crippen LogP contribution in [0.25, 0.3) is 10.9 Å². The molecule has 0 saturated heterocycles. The van der Waals surface area contributed by atoms with E-state index in [-0.39, 0.29) is 0 Å². The molecule has 0 amide bonds. The Kier molecular flexibility index (Phi) is 2.82. The molecule has 0 unspecified atom stereocenters. The van der Waals surface area contributed by atoms with Crippen LogP contribution in [0, 0.1) is 6.92 Å². The number of benzene rings is 1. The van der Waals surface area contributed by atoms with Crippen molar-refractivity contribution in [2.24, 2.45) is 0 Å². The summed E-state index contributed by atoms with van der Waals surface area (Å²) >= 11 is 0. The lowest BCUT2D eigenvalue weighted by Gasteiger charge is -2.08. The van der Waals surface area contributed by atoms with Crippen molar-refractivity contribution in [2.45, 2.75) is 26.8 Å². The summed E-state index contributed by atoms with van der Waals surface area (Å²) in [6.45, 7) is 6.55. The molecule has 0 bridgehead atoms. The molecular weight excluding hydrogens is 198 g/mol. The summed E-state index contributed by atoms with van der Waals surface area (Å²) in [5.74, 6) is 0.909. The maximum atomic E-state index is 5.24. The molecule has 0 saturated carbocycles. The average molecular weight is 216 g/mol. The van der Waals surface area contributed by atoms with Gasteiger partial charge in [-0.1, -0.05) is 0 Å². The molecule has 0 atom stereocenters. The zero-order valence-corrected chi connectivity index (χ0v) is 10.3. The highest BCUT2D eigenvalue weighted by Gasteiger charge is 2.15. The molecule has 0 fully saturated rings. The molecule has 84 valence electrons. The Labute approximate surface area is 96.5 Å². The lowest BCUT2D eigenvalue weighted by molar-refractivity contribution is -0.697. The second-order valence-electron chi connectivity index (χ2n) is 4.36. The van der Waals surface area contributed by atoms with E-state index in [0.29, 0.717) is 6.04 Å². The molecule has 0 spiro atoms. The topological polar surface area (TPSA) is 13.1 Å². The van der Waals surface area contributed by atoms with Gasteiger partial charge in [-0.05, 0) is 32.0 Å². The molecule has 1 heterocycles. The van der Waals surface area contributed by atoms with Crippen LogP contribution in [0.3, 0.4) is 0 Å². The molecule has 2 rings (SSSR count). The van der Waals surface area contributed by atoms with Gasteiger partial charge in [0.1, 0.15) is 5.75 Å². The minimum atomic E-state index is 0.470. The van der Waals surface area contributed by atoms with Crippen LogP contribution in [-0.2, 0) is 0 Å². The van der Waals surface area contributed by atoms with Crippen molar-refractivity contribution in [2.75, 3.05) is 7.11 Å². The first-order chi connectivity index (χ1) is 7.63. The zero-order chi connectivity index (χ0) is 11.7. The third-order valence-corrected chi connectivity index (χ3v) is 2.89. The Morgan fingerprint density at radius 2 is 1.88 bits per heavy atom. The fraction of sp³-hybridized carbons (Fsp3) is 0.357.